The first-order valence-electron chi connectivity index (χ1n) is 10.5. The number of rotatable bonds is 7. The van der Waals surface area contributed by atoms with Crippen LogP contribution in [0, 0.1) is 0 Å². The summed E-state index contributed by atoms with van der Waals surface area (Å²) in [5.41, 5.74) is 1.92. The van der Waals surface area contributed by atoms with Crippen LogP contribution in [0.3, 0.4) is 0 Å². The second-order valence-corrected chi connectivity index (χ2v) is 9.14. The fourth-order valence-electron chi connectivity index (χ4n) is 3.15. The number of aliphatic hydroxyl groups excluding tert-OH is 1. The molecule has 170 valence electrons. The number of benzene rings is 2. The molecule has 8 heteroatoms. The average Bonchev–Trinajstić information content (AvgIpc) is 2.98. The molecule has 0 spiro atoms. The maximum absolute atomic E-state index is 12.3. The van der Waals surface area contributed by atoms with Crippen LogP contribution >= 0.6 is 11.6 Å². The Balaban J connectivity index is 1.77. The quantitative estimate of drug-likeness (QED) is 0.586. The molecule has 0 aromatic heterocycles. The molecule has 1 fully saturated rings. The zero-order valence-electron chi connectivity index (χ0n) is 18.9. The van der Waals surface area contributed by atoms with Crippen molar-refractivity contribution >= 4 is 30.9 Å². The van der Waals surface area contributed by atoms with E-state index in [1.54, 1.807) is 18.2 Å². The second kappa shape index (κ2) is 10.1. The van der Waals surface area contributed by atoms with Crippen LogP contribution < -0.4 is 5.32 Å². The lowest BCUT2D eigenvalue weighted by atomic mass is 9.77. The first-order valence-corrected chi connectivity index (χ1v) is 10.9. The number of aliphatic hydroxyl groups is 1. The molecule has 0 unspecified atom stereocenters. The summed E-state index contributed by atoms with van der Waals surface area (Å²) in [7, 11) is -0.678. The monoisotopic (exact) mass is 457 g/mol. The van der Waals surface area contributed by atoms with Gasteiger partial charge in [-0.2, -0.15) is 0 Å². The highest BCUT2D eigenvalue weighted by Gasteiger charge is 2.52. The third-order valence-corrected chi connectivity index (χ3v) is 6.13. The van der Waals surface area contributed by atoms with Gasteiger partial charge in [0.05, 0.1) is 17.8 Å². The van der Waals surface area contributed by atoms with E-state index in [0.717, 1.165) is 11.1 Å². The van der Waals surface area contributed by atoms with Gasteiger partial charge >= 0.3 is 13.2 Å². The maximum Gasteiger partial charge on any atom is 0.492 e. The van der Waals surface area contributed by atoms with Crippen molar-refractivity contribution in [3.8, 4) is 0 Å². The van der Waals surface area contributed by atoms with E-state index in [1.165, 1.54) is 0 Å². The van der Waals surface area contributed by atoms with Gasteiger partial charge in [0.1, 0.15) is 6.61 Å². The van der Waals surface area contributed by atoms with E-state index in [9.17, 15) is 9.90 Å². The number of carbonyl (C=O) groups is 1. The predicted octanol–water partition coefficient (Wildman–Crippen LogP) is 4.77. The van der Waals surface area contributed by atoms with Crippen LogP contribution in [-0.2, 0) is 27.3 Å². The van der Waals surface area contributed by atoms with Gasteiger partial charge in [0.25, 0.3) is 0 Å². The Morgan fingerprint density at radius 1 is 1.09 bits per heavy atom. The molecular weight excluding hydrogens is 429 g/mol. The van der Waals surface area contributed by atoms with Gasteiger partial charge < -0.3 is 24.5 Å². The Labute approximate surface area is 194 Å². The fraction of sp³-hybridized carbons (Fsp3) is 0.375. The molecule has 0 aliphatic carbocycles. The Bertz CT molecular complexity index is 962. The molecule has 0 atom stereocenters. The topological polar surface area (TPSA) is 77.0 Å². The molecule has 1 heterocycles. The van der Waals surface area contributed by atoms with Gasteiger partial charge in [-0.15, -0.1) is 0 Å². The molecule has 1 aliphatic rings. The zero-order chi connectivity index (χ0) is 23.4. The lowest BCUT2D eigenvalue weighted by molar-refractivity contribution is 0.00578. The molecule has 2 N–H and O–H groups in total. The summed E-state index contributed by atoms with van der Waals surface area (Å²) in [5.74, 6) is 0. The molecule has 2 aromatic carbocycles. The van der Waals surface area contributed by atoms with Gasteiger partial charge in [-0.05, 0) is 62.0 Å². The number of hydrogen-bond donors (Lipinski definition) is 2. The Morgan fingerprint density at radius 3 is 2.38 bits per heavy atom. The smallest absolute Gasteiger partial charge is 0.445 e. The lowest BCUT2D eigenvalue weighted by Crippen LogP contribution is -2.41. The van der Waals surface area contributed by atoms with Crippen molar-refractivity contribution in [3.63, 3.8) is 0 Å². The minimum absolute atomic E-state index is 0.103. The molecule has 1 aliphatic heterocycles. The molecule has 3 rings (SSSR count). The molecular formula is C24H29BClNO5. The lowest BCUT2D eigenvalue weighted by Gasteiger charge is -2.32. The highest BCUT2D eigenvalue weighted by atomic mass is 35.5. The summed E-state index contributed by atoms with van der Waals surface area (Å²) in [4.78, 5) is 12.3. The largest absolute Gasteiger partial charge is 0.492 e. The number of alkyl carbamates (subject to hydrolysis) is 1. The SMILES string of the molecule is CC1(C)OB(C(=Cc2cc(CO)ccc2Cl)CNC(=O)OCc2ccccc2)OC1(C)C. The maximum atomic E-state index is 12.3. The van der Waals surface area contributed by atoms with E-state index in [0.29, 0.717) is 16.1 Å². The van der Waals surface area contributed by atoms with Crippen molar-refractivity contribution in [1.29, 1.82) is 0 Å². The molecule has 0 saturated carbocycles. The summed E-state index contributed by atoms with van der Waals surface area (Å²) in [6, 6.07) is 14.7. The van der Waals surface area contributed by atoms with Crippen molar-refractivity contribution in [2.45, 2.75) is 52.1 Å². The van der Waals surface area contributed by atoms with Crippen molar-refractivity contribution in [1.82, 2.24) is 5.32 Å². The highest BCUT2D eigenvalue weighted by Crippen LogP contribution is 2.39. The van der Waals surface area contributed by atoms with Crippen LogP contribution in [0.2, 0.25) is 5.02 Å². The third kappa shape index (κ3) is 5.92. The minimum atomic E-state index is -0.678. The number of ether oxygens (including phenoxy) is 1. The van der Waals surface area contributed by atoms with Gasteiger partial charge in [0.15, 0.2) is 0 Å². The first-order chi connectivity index (χ1) is 15.1. The average molecular weight is 458 g/mol. The second-order valence-electron chi connectivity index (χ2n) is 8.74. The Morgan fingerprint density at radius 2 is 1.75 bits per heavy atom. The van der Waals surface area contributed by atoms with Crippen molar-refractivity contribution < 1.29 is 23.9 Å². The summed E-state index contributed by atoms with van der Waals surface area (Å²) in [6.07, 6.45) is 1.27. The molecule has 32 heavy (non-hydrogen) atoms. The standard InChI is InChI=1S/C24H29BClNO5/c1-23(2)24(3,4)32-25(31-23)20(13-19-12-18(15-28)10-11-21(19)26)14-27-22(29)30-16-17-8-6-5-7-9-17/h5-13,28H,14-16H2,1-4H3,(H,27,29). The number of hydrogen-bond acceptors (Lipinski definition) is 5. The van der Waals surface area contributed by atoms with Crippen molar-refractivity contribution in [2.75, 3.05) is 6.54 Å². The van der Waals surface area contributed by atoms with E-state index in [2.05, 4.69) is 5.32 Å². The summed E-state index contributed by atoms with van der Waals surface area (Å²) in [5, 5.41) is 12.8. The van der Waals surface area contributed by atoms with Crippen LogP contribution in [0.4, 0.5) is 4.79 Å². The van der Waals surface area contributed by atoms with E-state index in [4.69, 9.17) is 25.6 Å². The first kappa shape index (κ1) is 24.3. The van der Waals surface area contributed by atoms with Crippen LogP contribution in [0.25, 0.3) is 6.08 Å². The predicted molar refractivity (Wildman–Crippen MR) is 126 cm³/mol. The van der Waals surface area contributed by atoms with Gasteiger partial charge in [0.2, 0.25) is 0 Å². The van der Waals surface area contributed by atoms with Crippen LogP contribution in [0.15, 0.2) is 54.0 Å². The van der Waals surface area contributed by atoms with Crippen LogP contribution in [0.5, 0.6) is 0 Å². The van der Waals surface area contributed by atoms with E-state index < -0.39 is 24.4 Å². The van der Waals surface area contributed by atoms with Crippen LogP contribution in [0.1, 0.15) is 44.4 Å². The van der Waals surface area contributed by atoms with Gasteiger partial charge in [0, 0.05) is 11.6 Å². The minimum Gasteiger partial charge on any atom is -0.445 e. The van der Waals surface area contributed by atoms with Gasteiger partial charge in [-0.3, -0.25) is 0 Å². The number of nitrogens with one attached hydrogen (secondary N) is 1. The summed E-state index contributed by atoms with van der Waals surface area (Å²) in [6.45, 7) is 8.07. The molecule has 1 amide bonds. The number of amides is 1. The van der Waals surface area contributed by atoms with Crippen LogP contribution in [-0.4, -0.2) is 36.1 Å². The van der Waals surface area contributed by atoms with Crippen molar-refractivity contribution in [3.05, 3.63) is 75.7 Å². The summed E-state index contributed by atoms with van der Waals surface area (Å²) >= 11 is 6.38. The molecule has 6 nitrogen and oxygen atoms in total. The molecule has 0 radical (unpaired) electrons. The van der Waals surface area contributed by atoms with E-state index in [-0.39, 0.29) is 19.8 Å². The summed E-state index contributed by atoms with van der Waals surface area (Å²) < 4.78 is 17.7. The van der Waals surface area contributed by atoms with Gasteiger partial charge in [-0.1, -0.05) is 54.1 Å². The van der Waals surface area contributed by atoms with E-state index in [1.807, 2.05) is 64.1 Å². The normalized spacial score (nSPS) is 17.3. The molecule has 0 bridgehead atoms. The zero-order valence-corrected chi connectivity index (χ0v) is 19.6. The van der Waals surface area contributed by atoms with Crippen molar-refractivity contribution in [2.24, 2.45) is 0 Å². The Kier molecular flexibility index (Phi) is 7.67. The fourth-order valence-corrected chi connectivity index (χ4v) is 3.32. The van der Waals surface area contributed by atoms with E-state index >= 15 is 0 Å². The number of carbonyl (C=O) groups excluding carboxylic acids is 1. The Hall–Kier alpha value is -2.32. The molecule has 1 saturated heterocycles. The highest BCUT2D eigenvalue weighted by molar-refractivity contribution is 6.56. The molecule has 2 aromatic rings. The third-order valence-electron chi connectivity index (χ3n) is 5.79. The number of halogens is 1. The van der Waals surface area contributed by atoms with Gasteiger partial charge in [-0.25, -0.2) is 4.79 Å².